The maximum atomic E-state index is 4.18. The van der Waals surface area contributed by atoms with Gasteiger partial charge >= 0.3 is 0 Å². The molecular weight excluding hydrogens is 158 g/mol. The predicted octanol–water partition coefficient (Wildman–Crippen LogP) is 3.07. The van der Waals surface area contributed by atoms with Gasteiger partial charge in [0.05, 0.1) is 0 Å². The SMILES string of the molecule is C=C1CCCCC1CCCN(C)C. The highest BCUT2D eigenvalue weighted by Crippen LogP contribution is 2.31. The fourth-order valence-corrected chi connectivity index (χ4v) is 2.15. The van der Waals surface area contributed by atoms with Gasteiger partial charge in [0.1, 0.15) is 0 Å². The zero-order valence-corrected chi connectivity index (χ0v) is 9.18. The molecule has 1 aliphatic carbocycles. The van der Waals surface area contributed by atoms with Crippen molar-refractivity contribution in [2.24, 2.45) is 5.92 Å². The standard InChI is InChI=1S/C12H23N/c1-11-7-4-5-8-12(11)9-6-10-13(2)3/h12H,1,4-10H2,2-3H3. The Hall–Kier alpha value is -0.300. The molecule has 1 unspecified atom stereocenters. The van der Waals surface area contributed by atoms with E-state index in [-0.39, 0.29) is 0 Å². The van der Waals surface area contributed by atoms with Crippen molar-refractivity contribution in [1.29, 1.82) is 0 Å². The topological polar surface area (TPSA) is 3.24 Å². The Morgan fingerprint density at radius 1 is 1.38 bits per heavy atom. The summed E-state index contributed by atoms with van der Waals surface area (Å²) in [6.07, 6.45) is 8.17. The molecule has 1 fully saturated rings. The first-order valence-corrected chi connectivity index (χ1v) is 5.52. The lowest BCUT2D eigenvalue weighted by atomic mass is 9.82. The number of hydrogen-bond acceptors (Lipinski definition) is 1. The first kappa shape index (κ1) is 10.8. The largest absolute Gasteiger partial charge is 0.309 e. The molecule has 1 saturated carbocycles. The third-order valence-electron chi connectivity index (χ3n) is 3.04. The summed E-state index contributed by atoms with van der Waals surface area (Å²) >= 11 is 0. The van der Waals surface area contributed by atoms with Crippen LogP contribution in [0.5, 0.6) is 0 Å². The molecule has 76 valence electrons. The number of allylic oxidation sites excluding steroid dienone is 1. The molecule has 0 spiro atoms. The summed E-state index contributed by atoms with van der Waals surface area (Å²) < 4.78 is 0. The average molecular weight is 181 g/mol. The highest BCUT2D eigenvalue weighted by atomic mass is 15.0. The number of nitrogens with zero attached hydrogens (tertiary/aromatic N) is 1. The Bertz CT molecular complexity index is 161. The molecule has 0 aliphatic heterocycles. The van der Waals surface area contributed by atoms with E-state index in [2.05, 4.69) is 25.6 Å². The minimum Gasteiger partial charge on any atom is -0.309 e. The summed E-state index contributed by atoms with van der Waals surface area (Å²) in [6, 6.07) is 0. The zero-order chi connectivity index (χ0) is 9.68. The first-order chi connectivity index (χ1) is 6.20. The lowest BCUT2D eigenvalue weighted by Gasteiger charge is -2.24. The lowest BCUT2D eigenvalue weighted by molar-refractivity contribution is 0.355. The van der Waals surface area contributed by atoms with Crippen molar-refractivity contribution in [3.63, 3.8) is 0 Å². The van der Waals surface area contributed by atoms with Gasteiger partial charge in [-0.15, -0.1) is 0 Å². The van der Waals surface area contributed by atoms with Crippen LogP contribution in [-0.2, 0) is 0 Å². The molecule has 1 rings (SSSR count). The molecule has 1 aliphatic rings. The summed E-state index contributed by atoms with van der Waals surface area (Å²) in [6.45, 7) is 5.41. The maximum absolute atomic E-state index is 4.18. The van der Waals surface area contributed by atoms with E-state index in [4.69, 9.17) is 0 Å². The van der Waals surface area contributed by atoms with E-state index in [9.17, 15) is 0 Å². The van der Waals surface area contributed by atoms with Gasteiger partial charge < -0.3 is 4.90 Å². The van der Waals surface area contributed by atoms with Crippen LogP contribution < -0.4 is 0 Å². The van der Waals surface area contributed by atoms with Crippen molar-refractivity contribution in [3.8, 4) is 0 Å². The second-order valence-electron chi connectivity index (χ2n) is 4.55. The van der Waals surface area contributed by atoms with Gasteiger partial charge in [-0.05, 0) is 58.7 Å². The third-order valence-corrected chi connectivity index (χ3v) is 3.04. The third kappa shape index (κ3) is 3.95. The van der Waals surface area contributed by atoms with Crippen LogP contribution in [0.2, 0.25) is 0 Å². The van der Waals surface area contributed by atoms with Crippen LogP contribution in [0, 0.1) is 5.92 Å². The lowest BCUT2D eigenvalue weighted by Crippen LogP contribution is -2.16. The molecule has 0 saturated heterocycles. The van der Waals surface area contributed by atoms with Gasteiger partial charge in [0.15, 0.2) is 0 Å². The summed E-state index contributed by atoms with van der Waals surface area (Å²) in [4.78, 5) is 2.27. The molecule has 0 aromatic rings. The summed E-state index contributed by atoms with van der Waals surface area (Å²) in [5.41, 5.74) is 1.52. The van der Waals surface area contributed by atoms with Crippen molar-refractivity contribution in [1.82, 2.24) is 4.90 Å². The van der Waals surface area contributed by atoms with E-state index in [1.807, 2.05) is 0 Å². The van der Waals surface area contributed by atoms with Gasteiger partial charge in [0, 0.05) is 0 Å². The predicted molar refractivity (Wildman–Crippen MR) is 58.9 cm³/mol. The molecule has 0 bridgehead atoms. The molecule has 0 N–H and O–H groups in total. The van der Waals surface area contributed by atoms with Crippen LogP contribution in [0.1, 0.15) is 38.5 Å². The van der Waals surface area contributed by atoms with Gasteiger partial charge in [0.25, 0.3) is 0 Å². The van der Waals surface area contributed by atoms with Gasteiger partial charge in [-0.25, -0.2) is 0 Å². The molecule has 1 nitrogen and oxygen atoms in total. The summed E-state index contributed by atoms with van der Waals surface area (Å²) in [5.74, 6) is 0.841. The first-order valence-electron chi connectivity index (χ1n) is 5.52. The Morgan fingerprint density at radius 2 is 2.15 bits per heavy atom. The molecule has 0 amide bonds. The van der Waals surface area contributed by atoms with Crippen molar-refractivity contribution in [3.05, 3.63) is 12.2 Å². The van der Waals surface area contributed by atoms with Crippen molar-refractivity contribution < 1.29 is 0 Å². The fourth-order valence-electron chi connectivity index (χ4n) is 2.15. The highest BCUT2D eigenvalue weighted by molar-refractivity contribution is 5.03. The average Bonchev–Trinajstić information content (AvgIpc) is 2.08. The van der Waals surface area contributed by atoms with Crippen molar-refractivity contribution in [2.75, 3.05) is 20.6 Å². The van der Waals surface area contributed by atoms with E-state index in [1.165, 1.54) is 50.6 Å². The van der Waals surface area contributed by atoms with Gasteiger partial charge in [-0.1, -0.05) is 18.6 Å². The maximum Gasteiger partial charge on any atom is -0.00246 e. The van der Waals surface area contributed by atoms with E-state index in [0.717, 1.165) is 5.92 Å². The van der Waals surface area contributed by atoms with Crippen LogP contribution in [0.25, 0.3) is 0 Å². The Morgan fingerprint density at radius 3 is 2.77 bits per heavy atom. The number of rotatable bonds is 4. The van der Waals surface area contributed by atoms with E-state index < -0.39 is 0 Å². The van der Waals surface area contributed by atoms with E-state index in [0.29, 0.717) is 0 Å². The van der Waals surface area contributed by atoms with Crippen molar-refractivity contribution >= 4 is 0 Å². The Labute approximate surface area is 82.8 Å². The van der Waals surface area contributed by atoms with Crippen LogP contribution in [-0.4, -0.2) is 25.5 Å². The number of hydrogen-bond donors (Lipinski definition) is 0. The van der Waals surface area contributed by atoms with Gasteiger partial charge in [0.2, 0.25) is 0 Å². The van der Waals surface area contributed by atoms with Crippen LogP contribution >= 0.6 is 0 Å². The summed E-state index contributed by atoms with van der Waals surface area (Å²) in [5, 5.41) is 0. The quantitative estimate of drug-likeness (QED) is 0.602. The van der Waals surface area contributed by atoms with E-state index >= 15 is 0 Å². The minimum absolute atomic E-state index is 0.841. The highest BCUT2D eigenvalue weighted by Gasteiger charge is 2.16. The zero-order valence-electron chi connectivity index (χ0n) is 9.18. The van der Waals surface area contributed by atoms with Crippen LogP contribution in [0.4, 0.5) is 0 Å². The second kappa shape index (κ2) is 5.43. The smallest absolute Gasteiger partial charge is 0.00246 e. The molecule has 13 heavy (non-hydrogen) atoms. The van der Waals surface area contributed by atoms with Gasteiger partial charge in [-0.3, -0.25) is 0 Å². The van der Waals surface area contributed by atoms with Crippen molar-refractivity contribution in [2.45, 2.75) is 38.5 Å². The minimum atomic E-state index is 0.841. The molecular formula is C12H23N. The fraction of sp³-hybridized carbons (Fsp3) is 0.833. The van der Waals surface area contributed by atoms with E-state index in [1.54, 1.807) is 0 Å². The molecule has 1 atom stereocenters. The molecule has 0 heterocycles. The normalized spacial score (nSPS) is 23.9. The van der Waals surface area contributed by atoms with Gasteiger partial charge in [-0.2, -0.15) is 0 Å². The monoisotopic (exact) mass is 181 g/mol. The molecule has 0 aromatic heterocycles. The Kier molecular flexibility index (Phi) is 4.51. The van der Waals surface area contributed by atoms with Crippen LogP contribution in [0.15, 0.2) is 12.2 Å². The van der Waals surface area contributed by atoms with Crippen LogP contribution in [0.3, 0.4) is 0 Å². The molecule has 0 radical (unpaired) electrons. The summed E-state index contributed by atoms with van der Waals surface area (Å²) in [7, 11) is 4.30. The molecule has 0 aromatic carbocycles. The Balaban J connectivity index is 2.15. The second-order valence-corrected chi connectivity index (χ2v) is 4.55. The molecule has 1 heteroatoms.